The molecule has 0 saturated heterocycles. The lowest BCUT2D eigenvalue weighted by atomic mass is 10.2. The van der Waals surface area contributed by atoms with Gasteiger partial charge in [0.25, 0.3) is 5.91 Å². The second kappa shape index (κ2) is 9.32. The number of fused-ring (bicyclic) bond motifs is 1. The van der Waals surface area contributed by atoms with Gasteiger partial charge in [-0.25, -0.2) is 9.97 Å². The number of rotatable bonds is 8. The lowest BCUT2D eigenvalue weighted by Crippen LogP contribution is -2.26. The molecule has 0 radical (unpaired) electrons. The van der Waals surface area contributed by atoms with Gasteiger partial charge in [-0.1, -0.05) is 24.1 Å². The first-order valence-electron chi connectivity index (χ1n) is 9.18. The van der Waals surface area contributed by atoms with Crippen molar-refractivity contribution in [1.82, 2.24) is 19.7 Å². The first-order chi connectivity index (χ1) is 13.5. The minimum Gasteiger partial charge on any atom is -0.351 e. The van der Waals surface area contributed by atoms with Gasteiger partial charge < -0.3 is 10.6 Å². The van der Waals surface area contributed by atoms with E-state index in [0.29, 0.717) is 35.2 Å². The molecule has 3 aromatic heterocycles. The summed E-state index contributed by atoms with van der Waals surface area (Å²) in [5.74, 6) is 0.271. The van der Waals surface area contributed by atoms with Crippen molar-refractivity contribution in [3.63, 3.8) is 0 Å². The maximum Gasteiger partial charge on any atom is 0.270 e. The molecule has 0 bridgehead atoms. The van der Waals surface area contributed by atoms with Crippen LogP contribution in [0.4, 0.5) is 5.82 Å². The minimum absolute atomic E-state index is 0.0831. The van der Waals surface area contributed by atoms with Crippen LogP contribution in [0.15, 0.2) is 42.7 Å². The normalized spacial score (nSPS) is 10.8. The smallest absolute Gasteiger partial charge is 0.270 e. The number of nitrogens with one attached hydrogen (secondary N) is 2. The van der Waals surface area contributed by atoms with Gasteiger partial charge in [-0.05, 0) is 44.0 Å². The van der Waals surface area contributed by atoms with Crippen LogP contribution in [0.25, 0.3) is 5.65 Å². The van der Waals surface area contributed by atoms with E-state index in [2.05, 4.69) is 20.6 Å². The summed E-state index contributed by atoms with van der Waals surface area (Å²) in [6.45, 7) is 2.38. The van der Waals surface area contributed by atoms with E-state index in [9.17, 15) is 9.59 Å². The molecule has 0 spiro atoms. The Balaban J connectivity index is 1.36. The molecule has 3 heterocycles. The van der Waals surface area contributed by atoms with Crippen molar-refractivity contribution >= 4 is 34.9 Å². The number of carbonyl (C=O) groups excluding carboxylic acids is 2. The summed E-state index contributed by atoms with van der Waals surface area (Å²) in [5.41, 5.74) is 2.02. The van der Waals surface area contributed by atoms with Gasteiger partial charge in [-0.3, -0.25) is 14.0 Å². The fraction of sp³-hybridized carbons (Fsp3) is 0.300. The molecule has 0 aromatic carbocycles. The van der Waals surface area contributed by atoms with E-state index in [1.165, 1.54) is 6.20 Å². The Labute approximate surface area is 168 Å². The molecule has 3 aromatic rings. The van der Waals surface area contributed by atoms with Gasteiger partial charge in [-0.15, -0.1) is 0 Å². The first kappa shape index (κ1) is 19.8. The zero-order chi connectivity index (χ0) is 19.9. The van der Waals surface area contributed by atoms with E-state index >= 15 is 0 Å². The summed E-state index contributed by atoms with van der Waals surface area (Å²) in [5, 5.41) is 6.19. The quantitative estimate of drug-likeness (QED) is 0.566. The number of unbranched alkanes of at least 4 members (excludes halogenated alkanes) is 2. The maximum atomic E-state index is 12.5. The number of aryl methyl sites for hydroxylation is 1. The molecule has 7 nitrogen and oxygen atoms in total. The lowest BCUT2D eigenvalue weighted by Gasteiger charge is -2.07. The van der Waals surface area contributed by atoms with Crippen molar-refractivity contribution in [2.45, 2.75) is 32.6 Å². The average molecular weight is 400 g/mol. The van der Waals surface area contributed by atoms with E-state index in [1.807, 2.05) is 31.3 Å². The van der Waals surface area contributed by atoms with Crippen molar-refractivity contribution in [1.29, 1.82) is 0 Å². The van der Waals surface area contributed by atoms with Gasteiger partial charge in [0.15, 0.2) is 0 Å². The highest BCUT2D eigenvalue weighted by Crippen LogP contribution is 2.12. The standard InChI is InChI=1S/C20H22ClN5O2/c1-14-19(26-12-6-4-7-17(26)24-14)20(28)22-11-5-2-3-8-18(27)25-16-10-9-15(21)13-23-16/h4,6-7,9-10,12-13H,2-3,5,8,11H2,1H3,(H,22,28)(H,23,25,27). The number of nitrogens with zero attached hydrogens (tertiary/aromatic N) is 3. The van der Waals surface area contributed by atoms with Gasteiger partial charge >= 0.3 is 0 Å². The van der Waals surface area contributed by atoms with Crippen LogP contribution in [0.1, 0.15) is 41.9 Å². The summed E-state index contributed by atoms with van der Waals surface area (Å²) in [4.78, 5) is 32.8. The Morgan fingerprint density at radius 3 is 2.79 bits per heavy atom. The predicted molar refractivity (Wildman–Crippen MR) is 109 cm³/mol. The summed E-state index contributed by atoms with van der Waals surface area (Å²) in [6.07, 6.45) is 6.11. The highest BCUT2D eigenvalue weighted by molar-refractivity contribution is 6.30. The number of amides is 2. The highest BCUT2D eigenvalue weighted by atomic mass is 35.5. The summed E-state index contributed by atoms with van der Waals surface area (Å²) >= 11 is 5.76. The van der Waals surface area contributed by atoms with Crippen LogP contribution in [0, 0.1) is 6.92 Å². The van der Waals surface area contributed by atoms with Crippen LogP contribution in [0.2, 0.25) is 5.02 Å². The number of hydrogen-bond donors (Lipinski definition) is 2. The third-order valence-electron chi connectivity index (χ3n) is 4.28. The number of hydrogen-bond acceptors (Lipinski definition) is 4. The molecule has 28 heavy (non-hydrogen) atoms. The molecule has 0 saturated carbocycles. The van der Waals surface area contributed by atoms with E-state index < -0.39 is 0 Å². The van der Waals surface area contributed by atoms with Gasteiger partial charge in [0, 0.05) is 25.4 Å². The zero-order valence-electron chi connectivity index (χ0n) is 15.6. The van der Waals surface area contributed by atoms with Gasteiger partial charge in [0.1, 0.15) is 17.2 Å². The van der Waals surface area contributed by atoms with Crippen LogP contribution < -0.4 is 10.6 Å². The Bertz CT molecular complexity index is 968. The number of anilines is 1. The monoisotopic (exact) mass is 399 g/mol. The van der Waals surface area contributed by atoms with Crippen LogP contribution in [-0.4, -0.2) is 32.7 Å². The third kappa shape index (κ3) is 5.07. The number of halogens is 1. The number of carbonyl (C=O) groups is 2. The summed E-state index contributed by atoms with van der Waals surface area (Å²) in [7, 11) is 0. The number of aromatic nitrogens is 3. The second-order valence-corrected chi connectivity index (χ2v) is 6.89. The van der Waals surface area contributed by atoms with Crippen molar-refractivity contribution < 1.29 is 9.59 Å². The maximum absolute atomic E-state index is 12.5. The molecule has 2 amide bonds. The van der Waals surface area contributed by atoms with Gasteiger partial charge in [0.05, 0.1) is 10.7 Å². The SMILES string of the molecule is Cc1nc2ccccn2c1C(=O)NCCCCCC(=O)Nc1ccc(Cl)cn1. The molecule has 0 aliphatic heterocycles. The summed E-state index contributed by atoms with van der Waals surface area (Å²) < 4.78 is 1.79. The highest BCUT2D eigenvalue weighted by Gasteiger charge is 2.15. The molecular formula is C20H22ClN5O2. The summed E-state index contributed by atoms with van der Waals surface area (Å²) in [6, 6.07) is 8.97. The van der Waals surface area contributed by atoms with Gasteiger partial charge in [-0.2, -0.15) is 0 Å². The van der Waals surface area contributed by atoms with E-state index in [0.717, 1.165) is 24.9 Å². The molecule has 3 rings (SSSR count). The Hall–Kier alpha value is -2.93. The molecule has 0 aliphatic rings. The fourth-order valence-electron chi connectivity index (χ4n) is 2.92. The van der Waals surface area contributed by atoms with Crippen LogP contribution >= 0.6 is 11.6 Å². The fourth-order valence-corrected chi connectivity index (χ4v) is 3.03. The van der Waals surface area contributed by atoms with Crippen LogP contribution in [0.3, 0.4) is 0 Å². The molecule has 0 unspecified atom stereocenters. The Morgan fingerprint density at radius 1 is 1.14 bits per heavy atom. The number of pyridine rings is 2. The Morgan fingerprint density at radius 2 is 2.00 bits per heavy atom. The third-order valence-corrected chi connectivity index (χ3v) is 4.50. The zero-order valence-corrected chi connectivity index (χ0v) is 16.4. The molecular weight excluding hydrogens is 378 g/mol. The molecule has 0 aliphatic carbocycles. The number of imidazole rings is 1. The first-order valence-corrected chi connectivity index (χ1v) is 9.55. The van der Waals surface area contributed by atoms with Crippen molar-refractivity contribution in [2.75, 3.05) is 11.9 Å². The largest absolute Gasteiger partial charge is 0.351 e. The molecule has 0 atom stereocenters. The lowest BCUT2D eigenvalue weighted by molar-refractivity contribution is -0.116. The topological polar surface area (TPSA) is 88.4 Å². The van der Waals surface area contributed by atoms with Crippen molar-refractivity contribution in [2.24, 2.45) is 0 Å². The second-order valence-electron chi connectivity index (χ2n) is 6.45. The van der Waals surface area contributed by atoms with E-state index in [1.54, 1.807) is 16.5 Å². The molecule has 146 valence electrons. The van der Waals surface area contributed by atoms with Crippen LogP contribution in [-0.2, 0) is 4.79 Å². The van der Waals surface area contributed by atoms with E-state index in [4.69, 9.17) is 11.6 Å². The van der Waals surface area contributed by atoms with Crippen molar-refractivity contribution in [3.05, 3.63) is 59.1 Å². The average Bonchev–Trinajstić information content (AvgIpc) is 3.02. The minimum atomic E-state index is -0.136. The predicted octanol–water partition coefficient (Wildman–Crippen LogP) is 3.62. The van der Waals surface area contributed by atoms with E-state index in [-0.39, 0.29) is 11.8 Å². The van der Waals surface area contributed by atoms with Crippen LogP contribution in [0.5, 0.6) is 0 Å². The molecule has 2 N–H and O–H groups in total. The van der Waals surface area contributed by atoms with Gasteiger partial charge in [0.2, 0.25) is 5.91 Å². The van der Waals surface area contributed by atoms with Crippen molar-refractivity contribution in [3.8, 4) is 0 Å². The molecule has 8 heteroatoms. The molecule has 0 fully saturated rings. The Kier molecular flexibility index (Phi) is 6.60.